The van der Waals surface area contributed by atoms with Gasteiger partial charge in [-0.2, -0.15) is 0 Å². The number of β-amino-alcohol motifs (C(OH)–C–C–N with tert-alkyl or cyclic N) is 1. The van der Waals surface area contributed by atoms with Crippen molar-refractivity contribution in [3.63, 3.8) is 0 Å². The summed E-state index contributed by atoms with van der Waals surface area (Å²) in [6.45, 7) is 6.75. The maximum Gasteiger partial charge on any atom is 0.0664 e. The molecule has 1 aliphatic rings. The van der Waals surface area contributed by atoms with Crippen LogP contribution in [0, 0.1) is 5.92 Å². The third kappa shape index (κ3) is 3.23. The Kier molecular flexibility index (Phi) is 4.85. The van der Waals surface area contributed by atoms with E-state index in [0.29, 0.717) is 5.92 Å². The topological polar surface area (TPSA) is 43.7 Å². The standard InChI is InChI=1S/C11H23NO2/c1-3-9-7-12(6-5-11(9)14)8-10(13)4-2/h9-11,13-14H,3-8H2,1-2H3. The smallest absolute Gasteiger partial charge is 0.0664 e. The van der Waals surface area contributed by atoms with Gasteiger partial charge in [-0.15, -0.1) is 0 Å². The first kappa shape index (κ1) is 12.0. The second-order valence-corrected chi connectivity index (χ2v) is 4.35. The predicted octanol–water partition coefficient (Wildman–Crippen LogP) is 0.850. The van der Waals surface area contributed by atoms with E-state index in [2.05, 4.69) is 11.8 Å². The Morgan fingerprint density at radius 3 is 2.71 bits per heavy atom. The minimum Gasteiger partial charge on any atom is -0.393 e. The van der Waals surface area contributed by atoms with E-state index in [1.165, 1.54) is 0 Å². The zero-order valence-corrected chi connectivity index (χ0v) is 9.32. The third-order valence-corrected chi connectivity index (χ3v) is 3.24. The number of likely N-dealkylation sites (tertiary alicyclic amines) is 1. The molecule has 3 heteroatoms. The number of aliphatic hydroxyl groups excluding tert-OH is 2. The molecule has 1 fully saturated rings. The van der Waals surface area contributed by atoms with Crippen LogP contribution in [0.4, 0.5) is 0 Å². The van der Waals surface area contributed by atoms with Crippen molar-refractivity contribution >= 4 is 0 Å². The maximum atomic E-state index is 9.69. The van der Waals surface area contributed by atoms with Gasteiger partial charge in [0, 0.05) is 19.6 Å². The molecule has 0 amide bonds. The summed E-state index contributed by atoms with van der Waals surface area (Å²) in [5, 5.41) is 19.2. The van der Waals surface area contributed by atoms with Crippen LogP contribution in [0.2, 0.25) is 0 Å². The fourth-order valence-electron chi connectivity index (χ4n) is 2.09. The number of aliphatic hydroxyl groups is 2. The molecular weight excluding hydrogens is 178 g/mol. The SMILES string of the molecule is CCC(O)CN1CCC(O)C(CC)C1. The molecule has 84 valence electrons. The van der Waals surface area contributed by atoms with Crippen molar-refractivity contribution in [2.45, 2.75) is 45.3 Å². The molecular formula is C11H23NO2. The summed E-state index contributed by atoms with van der Waals surface area (Å²) in [5.74, 6) is 0.396. The number of hydrogen-bond donors (Lipinski definition) is 2. The highest BCUT2D eigenvalue weighted by atomic mass is 16.3. The molecule has 1 saturated heterocycles. The van der Waals surface area contributed by atoms with Gasteiger partial charge >= 0.3 is 0 Å². The van der Waals surface area contributed by atoms with E-state index in [0.717, 1.165) is 38.9 Å². The maximum absolute atomic E-state index is 9.69. The summed E-state index contributed by atoms with van der Waals surface area (Å²) in [6, 6.07) is 0. The van der Waals surface area contributed by atoms with Crippen LogP contribution in [0.15, 0.2) is 0 Å². The molecule has 1 aliphatic heterocycles. The summed E-state index contributed by atoms with van der Waals surface area (Å²) in [7, 11) is 0. The van der Waals surface area contributed by atoms with E-state index >= 15 is 0 Å². The van der Waals surface area contributed by atoms with Crippen LogP contribution in [0.1, 0.15) is 33.1 Å². The van der Waals surface area contributed by atoms with Gasteiger partial charge in [0.2, 0.25) is 0 Å². The zero-order valence-electron chi connectivity index (χ0n) is 9.32. The molecule has 0 aliphatic carbocycles. The van der Waals surface area contributed by atoms with Crippen LogP contribution in [-0.4, -0.2) is 47.0 Å². The minimum atomic E-state index is -0.206. The first-order chi connectivity index (χ1) is 6.67. The number of hydrogen-bond acceptors (Lipinski definition) is 3. The second kappa shape index (κ2) is 5.69. The van der Waals surface area contributed by atoms with Gasteiger partial charge in [0.15, 0.2) is 0 Å². The van der Waals surface area contributed by atoms with Gasteiger partial charge in [-0.1, -0.05) is 13.8 Å². The van der Waals surface area contributed by atoms with Crippen molar-refractivity contribution in [3.05, 3.63) is 0 Å². The van der Waals surface area contributed by atoms with Crippen molar-refractivity contribution in [2.75, 3.05) is 19.6 Å². The average Bonchev–Trinajstić information content (AvgIpc) is 2.20. The van der Waals surface area contributed by atoms with Gasteiger partial charge in [0.05, 0.1) is 12.2 Å². The second-order valence-electron chi connectivity index (χ2n) is 4.35. The average molecular weight is 201 g/mol. The van der Waals surface area contributed by atoms with E-state index in [9.17, 15) is 10.2 Å². The molecule has 3 atom stereocenters. The highest BCUT2D eigenvalue weighted by molar-refractivity contribution is 4.80. The first-order valence-electron chi connectivity index (χ1n) is 5.75. The van der Waals surface area contributed by atoms with E-state index in [4.69, 9.17) is 0 Å². The van der Waals surface area contributed by atoms with Crippen LogP contribution in [0.5, 0.6) is 0 Å². The van der Waals surface area contributed by atoms with Crippen LogP contribution in [0.25, 0.3) is 0 Å². The van der Waals surface area contributed by atoms with Crippen LogP contribution in [0.3, 0.4) is 0 Å². The van der Waals surface area contributed by atoms with Gasteiger partial charge in [-0.05, 0) is 25.2 Å². The predicted molar refractivity (Wildman–Crippen MR) is 57.1 cm³/mol. The monoisotopic (exact) mass is 201 g/mol. The third-order valence-electron chi connectivity index (χ3n) is 3.24. The van der Waals surface area contributed by atoms with Gasteiger partial charge in [0.1, 0.15) is 0 Å². The molecule has 0 saturated carbocycles. The summed E-state index contributed by atoms with van der Waals surface area (Å²) < 4.78 is 0. The summed E-state index contributed by atoms with van der Waals surface area (Å²) in [5.41, 5.74) is 0. The van der Waals surface area contributed by atoms with Gasteiger partial charge in [-0.3, -0.25) is 0 Å². The largest absolute Gasteiger partial charge is 0.393 e. The first-order valence-corrected chi connectivity index (χ1v) is 5.75. The Labute approximate surface area is 86.7 Å². The molecule has 14 heavy (non-hydrogen) atoms. The Hall–Kier alpha value is -0.120. The Morgan fingerprint density at radius 1 is 1.43 bits per heavy atom. The molecule has 0 aromatic heterocycles. The Morgan fingerprint density at radius 2 is 2.14 bits per heavy atom. The summed E-state index contributed by atoms with van der Waals surface area (Å²) in [6.07, 6.45) is 2.36. The Bertz CT molecular complexity index is 163. The van der Waals surface area contributed by atoms with Crippen LogP contribution >= 0.6 is 0 Å². The van der Waals surface area contributed by atoms with Crippen molar-refractivity contribution in [1.29, 1.82) is 0 Å². The highest BCUT2D eigenvalue weighted by Gasteiger charge is 2.26. The van der Waals surface area contributed by atoms with E-state index in [1.54, 1.807) is 0 Å². The van der Waals surface area contributed by atoms with Crippen molar-refractivity contribution in [2.24, 2.45) is 5.92 Å². The summed E-state index contributed by atoms with van der Waals surface area (Å²) >= 11 is 0. The molecule has 0 aromatic carbocycles. The van der Waals surface area contributed by atoms with Crippen molar-refractivity contribution in [3.8, 4) is 0 Å². The van der Waals surface area contributed by atoms with Crippen molar-refractivity contribution in [1.82, 2.24) is 4.90 Å². The van der Waals surface area contributed by atoms with E-state index in [-0.39, 0.29) is 12.2 Å². The van der Waals surface area contributed by atoms with Gasteiger partial charge in [-0.25, -0.2) is 0 Å². The molecule has 3 nitrogen and oxygen atoms in total. The Balaban J connectivity index is 2.34. The molecule has 0 bridgehead atoms. The van der Waals surface area contributed by atoms with Crippen molar-refractivity contribution < 1.29 is 10.2 Å². The zero-order chi connectivity index (χ0) is 10.6. The number of rotatable bonds is 4. The van der Waals surface area contributed by atoms with Gasteiger partial charge in [0.25, 0.3) is 0 Å². The number of piperidine rings is 1. The quantitative estimate of drug-likeness (QED) is 0.708. The minimum absolute atomic E-state index is 0.130. The summed E-state index contributed by atoms with van der Waals surface area (Å²) in [4.78, 5) is 2.27. The van der Waals surface area contributed by atoms with E-state index < -0.39 is 0 Å². The molecule has 1 rings (SSSR count). The lowest BCUT2D eigenvalue weighted by Gasteiger charge is -2.36. The fraction of sp³-hybridized carbons (Fsp3) is 1.00. The van der Waals surface area contributed by atoms with Crippen LogP contribution in [-0.2, 0) is 0 Å². The molecule has 2 N–H and O–H groups in total. The van der Waals surface area contributed by atoms with E-state index in [1.807, 2.05) is 6.92 Å². The molecule has 3 unspecified atom stereocenters. The fourth-order valence-corrected chi connectivity index (χ4v) is 2.09. The molecule has 1 heterocycles. The highest BCUT2D eigenvalue weighted by Crippen LogP contribution is 2.20. The molecule has 0 spiro atoms. The lowest BCUT2D eigenvalue weighted by Crippen LogP contribution is -2.45. The lowest BCUT2D eigenvalue weighted by molar-refractivity contribution is 0.00660. The van der Waals surface area contributed by atoms with Crippen LogP contribution < -0.4 is 0 Å². The lowest BCUT2D eigenvalue weighted by atomic mass is 9.92. The number of nitrogens with zero attached hydrogens (tertiary/aromatic N) is 1. The normalized spacial score (nSPS) is 31.7. The van der Waals surface area contributed by atoms with Gasteiger partial charge < -0.3 is 15.1 Å². The molecule has 0 aromatic rings. The molecule has 0 radical (unpaired) electrons.